The number of hydrogen-bond donors (Lipinski definition) is 1. The van der Waals surface area contributed by atoms with Crippen LogP contribution in [0.25, 0.3) is 38.6 Å². The average Bonchev–Trinajstić information content (AvgIpc) is 3.32. The van der Waals surface area contributed by atoms with Crippen LogP contribution < -0.4 is 0 Å². The highest BCUT2D eigenvalue weighted by Gasteiger charge is 2.11. The van der Waals surface area contributed by atoms with Crippen LogP contribution in [0.1, 0.15) is 25.0 Å². The molecular weight excluding hydrogens is 492 g/mol. The summed E-state index contributed by atoms with van der Waals surface area (Å²) < 4.78 is 2.34. The van der Waals surface area contributed by atoms with Crippen molar-refractivity contribution >= 4 is 45.6 Å². The van der Waals surface area contributed by atoms with E-state index < -0.39 is 0 Å². The Labute approximate surface area is 237 Å². The maximum Gasteiger partial charge on any atom is 0.0901 e. The number of thiol groups is 1. The van der Waals surface area contributed by atoms with Gasteiger partial charge in [-0.25, -0.2) is 0 Å². The van der Waals surface area contributed by atoms with Gasteiger partial charge in [0.05, 0.1) is 16.4 Å². The summed E-state index contributed by atoms with van der Waals surface area (Å²) in [5.74, 6) is 0. The summed E-state index contributed by atoms with van der Waals surface area (Å²) in [5.41, 5.74) is 7.87. The van der Waals surface area contributed by atoms with Gasteiger partial charge in [0, 0.05) is 29.2 Å². The van der Waals surface area contributed by atoms with Crippen molar-refractivity contribution in [2.24, 2.45) is 0 Å². The number of fused-ring (bicyclic) bond motifs is 3. The molecular formula is C36H34N2S. The average molecular weight is 527 g/mol. The molecule has 0 bridgehead atoms. The molecule has 2 nitrogen and oxygen atoms in total. The summed E-state index contributed by atoms with van der Waals surface area (Å²) >= 11 is 4.73. The van der Waals surface area contributed by atoms with Gasteiger partial charge in [-0.05, 0) is 72.5 Å². The topological polar surface area (TPSA) is 8.17 Å². The molecule has 0 spiro atoms. The SMILES string of the molecule is C=C(/C=C(\C=C\N(CC)C(S)/C=C\C)c1ccccc1)c1ccc(-n2c3ccccc3c3ccccc32)cc1. The minimum absolute atomic E-state index is 0.0323. The first-order valence-electron chi connectivity index (χ1n) is 13.4. The van der Waals surface area contributed by atoms with Gasteiger partial charge in [-0.15, -0.1) is 0 Å². The minimum atomic E-state index is 0.0323. The number of benzene rings is 4. The quantitative estimate of drug-likeness (QED) is 0.0870. The Bertz CT molecular complexity index is 1620. The molecule has 5 rings (SSSR count). The Hall–Kier alpha value is -4.21. The third-order valence-electron chi connectivity index (χ3n) is 7.03. The Morgan fingerprint density at radius 1 is 0.821 bits per heavy atom. The molecule has 0 amide bonds. The van der Waals surface area contributed by atoms with E-state index in [1.807, 2.05) is 19.1 Å². The van der Waals surface area contributed by atoms with Crippen molar-refractivity contribution in [2.75, 3.05) is 6.54 Å². The summed E-state index contributed by atoms with van der Waals surface area (Å²) in [6.07, 6.45) is 10.6. The normalized spacial score (nSPS) is 13.1. The lowest BCUT2D eigenvalue weighted by Crippen LogP contribution is -2.23. The van der Waals surface area contributed by atoms with E-state index in [1.165, 1.54) is 21.8 Å². The van der Waals surface area contributed by atoms with E-state index in [0.717, 1.165) is 34.5 Å². The molecule has 1 aromatic heterocycles. The molecule has 0 aliphatic rings. The van der Waals surface area contributed by atoms with Gasteiger partial charge in [0.2, 0.25) is 0 Å². The first-order valence-corrected chi connectivity index (χ1v) is 13.9. The van der Waals surface area contributed by atoms with E-state index in [2.05, 4.69) is 144 Å². The van der Waals surface area contributed by atoms with Gasteiger partial charge in [-0.3, -0.25) is 0 Å². The van der Waals surface area contributed by atoms with Gasteiger partial charge in [-0.1, -0.05) is 97.6 Å². The molecule has 5 aromatic rings. The Balaban J connectivity index is 1.49. The van der Waals surface area contributed by atoms with Crippen LogP contribution in [0.5, 0.6) is 0 Å². The zero-order valence-corrected chi connectivity index (χ0v) is 23.4. The van der Waals surface area contributed by atoms with Gasteiger partial charge in [0.25, 0.3) is 0 Å². The molecule has 0 saturated carbocycles. The van der Waals surface area contributed by atoms with Crippen molar-refractivity contribution in [3.05, 3.63) is 151 Å². The number of rotatable bonds is 9. The lowest BCUT2D eigenvalue weighted by atomic mass is 9.99. The molecule has 3 heteroatoms. The molecule has 4 aromatic carbocycles. The van der Waals surface area contributed by atoms with Gasteiger partial charge < -0.3 is 9.47 Å². The molecule has 0 saturated heterocycles. The molecule has 194 valence electrons. The predicted octanol–water partition coefficient (Wildman–Crippen LogP) is 9.55. The highest BCUT2D eigenvalue weighted by molar-refractivity contribution is 7.81. The molecule has 0 fully saturated rings. The van der Waals surface area contributed by atoms with Crippen molar-refractivity contribution in [2.45, 2.75) is 19.2 Å². The van der Waals surface area contributed by atoms with E-state index in [-0.39, 0.29) is 5.37 Å². The standard InChI is InChI=1S/C36H34N2S/c1-4-13-36(39)37(5-2)25-24-30(29-14-7-6-8-15-29)26-27(3)28-20-22-31(23-21-28)38-34-18-11-9-16-32(34)33-17-10-12-19-35(33)38/h4,6-26,36,39H,3,5H2,1-2H3/b13-4-,25-24+,30-26+. The van der Waals surface area contributed by atoms with Crippen molar-refractivity contribution < 1.29 is 0 Å². The molecule has 1 unspecified atom stereocenters. The van der Waals surface area contributed by atoms with E-state index in [4.69, 9.17) is 12.6 Å². The maximum atomic E-state index is 4.73. The smallest absolute Gasteiger partial charge is 0.0901 e. The van der Waals surface area contributed by atoms with Crippen molar-refractivity contribution in [1.29, 1.82) is 0 Å². The number of hydrogen-bond acceptors (Lipinski definition) is 2. The first-order chi connectivity index (χ1) is 19.1. The van der Waals surface area contributed by atoms with Crippen molar-refractivity contribution in [1.82, 2.24) is 9.47 Å². The molecule has 0 N–H and O–H groups in total. The summed E-state index contributed by atoms with van der Waals surface area (Å²) in [4.78, 5) is 2.20. The summed E-state index contributed by atoms with van der Waals surface area (Å²) in [7, 11) is 0. The number of para-hydroxylation sites is 2. The molecule has 0 radical (unpaired) electrons. The molecule has 39 heavy (non-hydrogen) atoms. The number of nitrogens with zero attached hydrogens (tertiary/aromatic N) is 2. The Morgan fingerprint density at radius 2 is 1.41 bits per heavy atom. The number of likely N-dealkylation sites (N-methyl/N-ethyl adjacent to an activating group) is 1. The maximum absolute atomic E-state index is 4.73. The molecule has 1 atom stereocenters. The third-order valence-corrected chi connectivity index (χ3v) is 7.50. The van der Waals surface area contributed by atoms with Gasteiger partial charge in [0.15, 0.2) is 0 Å². The van der Waals surface area contributed by atoms with Crippen LogP contribution in [0.15, 0.2) is 140 Å². The fourth-order valence-corrected chi connectivity index (χ4v) is 5.41. The lowest BCUT2D eigenvalue weighted by molar-refractivity contribution is 0.415. The van der Waals surface area contributed by atoms with Crippen LogP contribution in [0, 0.1) is 0 Å². The highest BCUT2D eigenvalue weighted by atomic mass is 32.1. The Morgan fingerprint density at radius 3 is 2.00 bits per heavy atom. The van der Waals surface area contributed by atoms with Gasteiger partial charge in [-0.2, -0.15) is 12.6 Å². The summed E-state index contributed by atoms with van der Waals surface area (Å²) in [6, 6.07) is 36.3. The summed E-state index contributed by atoms with van der Waals surface area (Å²) in [5, 5.41) is 2.57. The van der Waals surface area contributed by atoms with Crippen LogP contribution in [-0.2, 0) is 0 Å². The van der Waals surface area contributed by atoms with Crippen LogP contribution in [0.4, 0.5) is 0 Å². The van der Waals surface area contributed by atoms with Gasteiger partial charge >= 0.3 is 0 Å². The van der Waals surface area contributed by atoms with Gasteiger partial charge in [0.1, 0.15) is 0 Å². The zero-order valence-electron chi connectivity index (χ0n) is 22.5. The van der Waals surface area contributed by atoms with Crippen LogP contribution in [-0.4, -0.2) is 21.4 Å². The van der Waals surface area contributed by atoms with Crippen molar-refractivity contribution in [3.63, 3.8) is 0 Å². The molecule has 1 heterocycles. The third kappa shape index (κ3) is 5.64. The van der Waals surface area contributed by atoms with Crippen LogP contribution in [0.2, 0.25) is 0 Å². The summed E-state index contributed by atoms with van der Waals surface area (Å²) in [6.45, 7) is 9.46. The minimum Gasteiger partial charge on any atom is -0.363 e. The second-order valence-corrected chi connectivity index (χ2v) is 10.0. The van der Waals surface area contributed by atoms with E-state index in [1.54, 1.807) is 0 Å². The zero-order chi connectivity index (χ0) is 27.2. The second-order valence-electron chi connectivity index (χ2n) is 9.49. The number of allylic oxidation sites excluding steroid dienone is 5. The van der Waals surface area contributed by atoms with Crippen LogP contribution >= 0.6 is 12.6 Å². The van der Waals surface area contributed by atoms with E-state index in [9.17, 15) is 0 Å². The molecule has 0 aliphatic carbocycles. The van der Waals surface area contributed by atoms with Crippen molar-refractivity contribution in [3.8, 4) is 5.69 Å². The monoisotopic (exact) mass is 526 g/mol. The Kier molecular flexibility index (Phi) is 8.19. The fourth-order valence-electron chi connectivity index (χ4n) is 4.99. The van der Waals surface area contributed by atoms with Crippen LogP contribution in [0.3, 0.4) is 0 Å². The lowest BCUT2D eigenvalue weighted by Gasteiger charge is -2.23. The second kappa shape index (κ2) is 12.1. The van der Waals surface area contributed by atoms with E-state index >= 15 is 0 Å². The first kappa shape index (κ1) is 26.4. The largest absolute Gasteiger partial charge is 0.363 e. The highest BCUT2D eigenvalue weighted by Crippen LogP contribution is 2.32. The number of aromatic nitrogens is 1. The predicted molar refractivity (Wildman–Crippen MR) is 173 cm³/mol. The molecule has 0 aliphatic heterocycles. The van der Waals surface area contributed by atoms with E-state index in [0.29, 0.717) is 0 Å². The fraction of sp³-hybridized carbons (Fsp3) is 0.111.